The summed E-state index contributed by atoms with van der Waals surface area (Å²) in [6, 6.07) is 4.67. The normalized spacial score (nSPS) is 28.2. The van der Waals surface area contributed by atoms with Crippen LogP contribution in [0.1, 0.15) is 66.3 Å². The molecule has 9 heteroatoms. The molecule has 0 amide bonds. The second kappa shape index (κ2) is 8.95. The van der Waals surface area contributed by atoms with Crippen molar-refractivity contribution in [2.24, 2.45) is 5.92 Å². The largest absolute Gasteiger partial charge is 0.389 e. The minimum absolute atomic E-state index is 0.0409. The summed E-state index contributed by atoms with van der Waals surface area (Å²) in [6.07, 6.45) is 6.40. The van der Waals surface area contributed by atoms with E-state index in [4.69, 9.17) is 4.74 Å². The van der Waals surface area contributed by atoms with Crippen LogP contribution in [0.3, 0.4) is 0 Å². The number of hydrogen-bond donors (Lipinski definition) is 3. The molecule has 2 aromatic heterocycles. The van der Waals surface area contributed by atoms with Crippen molar-refractivity contribution in [3.63, 3.8) is 0 Å². The van der Waals surface area contributed by atoms with Crippen molar-refractivity contribution in [3.8, 4) is 6.07 Å². The van der Waals surface area contributed by atoms with E-state index in [1.807, 2.05) is 24.1 Å². The first-order valence-electron chi connectivity index (χ1n) is 11.7. The van der Waals surface area contributed by atoms with Crippen LogP contribution in [0, 0.1) is 31.1 Å². The lowest BCUT2D eigenvalue weighted by Crippen LogP contribution is -2.51. The highest BCUT2D eigenvalue weighted by atomic mass is 16.5. The van der Waals surface area contributed by atoms with Crippen LogP contribution in [-0.2, 0) is 4.74 Å². The predicted molar refractivity (Wildman–Crippen MR) is 122 cm³/mol. The quantitative estimate of drug-likeness (QED) is 0.630. The molecule has 1 saturated carbocycles. The number of aryl methyl sites for hydroxylation is 2. The first-order chi connectivity index (χ1) is 15.9. The third-order valence-corrected chi connectivity index (χ3v) is 7.31. The third kappa shape index (κ3) is 4.20. The fourth-order valence-corrected chi connectivity index (χ4v) is 5.66. The summed E-state index contributed by atoms with van der Waals surface area (Å²) in [5.74, 6) is 1.00. The molecule has 0 radical (unpaired) electrons. The van der Waals surface area contributed by atoms with Crippen molar-refractivity contribution in [1.29, 1.82) is 5.26 Å². The van der Waals surface area contributed by atoms with Crippen LogP contribution in [0.15, 0.2) is 18.5 Å². The summed E-state index contributed by atoms with van der Waals surface area (Å²) >= 11 is 0. The van der Waals surface area contributed by atoms with Gasteiger partial charge in [-0.1, -0.05) is 0 Å². The summed E-state index contributed by atoms with van der Waals surface area (Å²) in [4.78, 5) is 6.54. The fraction of sp³-hybridized carbons (Fsp3) is 0.583. The van der Waals surface area contributed by atoms with Gasteiger partial charge in [-0.15, -0.1) is 0 Å². The Morgan fingerprint density at radius 2 is 2.06 bits per heavy atom. The van der Waals surface area contributed by atoms with Crippen molar-refractivity contribution < 1.29 is 9.84 Å². The van der Waals surface area contributed by atoms with E-state index in [1.54, 1.807) is 6.20 Å². The van der Waals surface area contributed by atoms with Crippen LogP contribution < -0.4 is 15.8 Å². The monoisotopic (exact) mass is 449 g/mol. The number of β-amino-alcohol motifs (C(OH)–C–C–N with tert-alkyl or cyclic N) is 1. The zero-order chi connectivity index (χ0) is 23.1. The summed E-state index contributed by atoms with van der Waals surface area (Å²) < 4.78 is 6.54. The van der Waals surface area contributed by atoms with E-state index in [0.29, 0.717) is 36.4 Å². The molecule has 4 heterocycles. The topological polar surface area (TPSA) is 119 Å². The molecule has 0 bridgehead atoms. The zero-order valence-electron chi connectivity index (χ0n) is 19.3. The lowest BCUT2D eigenvalue weighted by molar-refractivity contribution is -0.0377. The van der Waals surface area contributed by atoms with Crippen LogP contribution in [0.25, 0.3) is 0 Å². The lowest BCUT2D eigenvalue weighted by Gasteiger charge is -2.37. The Kier molecular flexibility index (Phi) is 6.01. The zero-order valence-corrected chi connectivity index (χ0v) is 19.3. The molecule has 3 fully saturated rings. The van der Waals surface area contributed by atoms with Gasteiger partial charge in [-0.05, 0) is 63.1 Å². The maximum absolute atomic E-state index is 9.70. The first kappa shape index (κ1) is 22.2. The SMILES string of the molecule is Cc1cnnc(C)c1[C@@H](C)OC1CCC2NNC(c3cnc(N4CC(O)C4)c(C#N)c3)C2C1. The number of nitriles is 1. The van der Waals surface area contributed by atoms with Gasteiger partial charge >= 0.3 is 0 Å². The van der Waals surface area contributed by atoms with Crippen molar-refractivity contribution in [1.82, 2.24) is 26.0 Å². The summed E-state index contributed by atoms with van der Waals surface area (Å²) in [5.41, 5.74) is 11.6. The summed E-state index contributed by atoms with van der Waals surface area (Å²) in [6.45, 7) is 7.19. The molecule has 2 saturated heterocycles. The molecule has 174 valence electrons. The number of pyridine rings is 1. The molecule has 0 aromatic carbocycles. The van der Waals surface area contributed by atoms with E-state index < -0.39 is 0 Å². The Hall–Kier alpha value is -2.64. The van der Waals surface area contributed by atoms with E-state index in [1.165, 1.54) is 0 Å². The van der Waals surface area contributed by atoms with Gasteiger partial charge in [0, 0.05) is 30.9 Å². The second-order valence-electron chi connectivity index (χ2n) is 9.59. The maximum Gasteiger partial charge on any atom is 0.146 e. The number of hydrazine groups is 1. The van der Waals surface area contributed by atoms with E-state index >= 15 is 0 Å². The van der Waals surface area contributed by atoms with Gasteiger partial charge in [0.25, 0.3) is 0 Å². The molecule has 5 atom stereocenters. The van der Waals surface area contributed by atoms with Crippen LogP contribution in [0.4, 0.5) is 5.82 Å². The third-order valence-electron chi connectivity index (χ3n) is 7.31. The van der Waals surface area contributed by atoms with Gasteiger partial charge in [0.05, 0.1) is 41.8 Å². The van der Waals surface area contributed by atoms with Gasteiger partial charge in [-0.3, -0.25) is 5.43 Å². The number of ether oxygens (including phenoxy) is 1. The highest BCUT2D eigenvalue weighted by Crippen LogP contribution is 2.41. The number of aromatic nitrogens is 3. The van der Waals surface area contributed by atoms with Gasteiger partial charge in [0.2, 0.25) is 0 Å². The predicted octanol–water partition coefficient (Wildman–Crippen LogP) is 2.01. The Bertz CT molecular complexity index is 1050. The van der Waals surface area contributed by atoms with Gasteiger partial charge < -0.3 is 14.7 Å². The maximum atomic E-state index is 9.70. The van der Waals surface area contributed by atoms with Crippen molar-refractivity contribution in [3.05, 3.63) is 46.4 Å². The van der Waals surface area contributed by atoms with Crippen molar-refractivity contribution >= 4 is 5.82 Å². The molecule has 3 aliphatic rings. The highest BCUT2D eigenvalue weighted by molar-refractivity contribution is 5.57. The summed E-state index contributed by atoms with van der Waals surface area (Å²) in [5, 5.41) is 27.5. The van der Waals surface area contributed by atoms with E-state index in [9.17, 15) is 10.4 Å². The van der Waals surface area contributed by atoms with E-state index in [0.717, 1.165) is 41.6 Å². The molecule has 9 nitrogen and oxygen atoms in total. The number of hydrogen-bond acceptors (Lipinski definition) is 9. The number of anilines is 1. The van der Waals surface area contributed by atoms with Gasteiger partial charge in [-0.2, -0.15) is 15.5 Å². The smallest absolute Gasteiger partial charge is 0.146 e. The van der Waals surface area contributed by atoms with Crippen molar-refractivity contribution in [2.75, 3.05) is 18.0 Å². The lowest BCUT2D eigenvalue weighted by atomic mass is 9.78. The molecule has 3 N–H and O–H groups in total. The van der Waals surface area contributed by atoms with Crippen molar-refractivity contribution in [2.45, 2.75) is 70.4 Å². The van der Waals surface area contributed by atoms with E-state index in [-0.39, 0.29) is 24.4 Å². The minimum Gasteiger partial charge on any atom is -0.389 e. The number of aliphatic hydroxyl groups is 1. The molecular formula is C24H31N7O2. The molecule has 5 rings (SSSR count). The Morgan fingerprint density at radius 1 is 1.24 bits per heavy atom. The molecular weight excluding hydrogens is 418 g/mol. The molecule has 2 aliphatic heterocycles. The highest BCUT2D eigenvalue weighted by Gasteiger charge is 2.42. The standard InChI is InChI=1S/C24H31N7O2/c1-13-9-27-28-14(2)22(13)15(3)33-19-4-5-21-20(7-19)23(30-29-21)17-6-16(8-25)24(26-10-17)31-11-18(32)12-31/h6,9-10,15,18-21,23,29-30,32H,4-5,7,11-12H2,1-3H3/t15-,19?,20?,21?,23?/m1/s1. The van der Waals surface area contributed by atoms with Crippen LogP contribution in [0.5, 0.6) is 0 Å². The average Bonchev–Trinajstić information content (AvgIpc) is 3.20. The van der Waals surface area contributed by atoms with Crippen LogP contribution in [0.2, 0.25) is 0 Å². The number of rotatable bonds is 5. The summed E-state index contributed by atoms with van der Waals surface area (Å²) in [7, 11) is 0. The number of fused-ring (bicyclic) bond motifs is 1. The minimum atomic E-state index is -0.337. The van der Waals surface area contributed by atoms with Crippen LogP contribution in [-0.4, -0.2) is 51.6 Å². The Morgan fingerprint density at radius 3 is 2.79 bits per heavy atom. The molecule has 33 heavy (non-hydrogen) atoms. The molecule has 4 unspecified atom stereocenters. The van der Waals surface area contributed by atoms with Gasteiger partial charge in [-0.25, -0.2) is 10.4 Å². The average molecular weight is 450 g/mol. The molecule has 0 spiro atoms. The first-order valence-corrected chi connectivity index (χ1v) is 11.7. The number of nitrogens with one attached hydrogen (secondary N) is 2. The second-order valence-corrected chi connectivity index (χ2v) is 9.59. The molecule has 1 aliphatic carbocycles. The molecule has 2 aromatic rings. The Labute approximate surface area is 194 Å². The Balaban J connectivity index is 1.30. The number of aliphatic hydroxyl groups excluding tert-OH is 1. The van der Waals surface area contributed by atoms with Crippen LogP contribution >= 0.6 is 0 Å². The fourth-order valence-electron chi connectivity index (χ4n) is 5.66. The van der Waals surface area contributed by atoms with Gasteiger partial charge in [0.15, 0.2) is 0 Å². The van der Waals surface area contributed by atoms with E-state index in [2.05, 4.69) is 45.9 Å². The number of nitrogens with zero attached hydrogens (tertiary/aromatic N) is 5. The van der Waals surface area contributed by atoms with Gasteiger partial charge in [0.1, 0.15) is 11.9 Å².